The normalized spacial score (nSPS) is 11.4. The van der Waals surface area contributed by atoms with Crippen molar-refractivity contribution in [3.63, 3.8) is 0 Å². The molecule has 0 bridgehead atoms. The minimum atomic E-state index is -1.21. The van der Waals surface area contributed by atoms with E-state index in [0.29, 0.717) is 18.5 Å². The lowest BCUT2D eigenvalue weighted by Gasteiger charge is -2.34. The van der Waals surface area contributed by atoms with Crippen LogP contribution in [0.1, 0.15) is 38.8 Å². The molecule has 0 radical (unpaired) electrons. The maximum absolute atomic E-state index is 13.7. The Hall–Kier alpha value is -2.69. The summed E-state index contributed by atoms with van der Waals surface area (Å²) < 4.78 is 13.7. The zero-order valence-corrected chi connectivity index (χ0v) is 17.0. The Labute approximate surface area is 166 Å². The van der Waals surface area contributed by atoms with Crippen LogP contribution in [-0.2, 0) is 22.6 Å². The molecule has 2 amide bonds. The van der Waals surface area contributed by atoms with Crippen LogP contribution in [0.25, 0.3) is 0 Å². The molecule has 2 rings (SSSR count). The summed E-state index contributed by atoms with van der Waals surface area (Å²) in [6.45, 7) is 7.86. The van der Waals surface area contributed by atoms with E-state index in [4.69, 9.17) is 0 Å². The van der Waals surface area contributed by atoms with Crippen LogP contribution in [-0.4, -0.2) is 29.3 Å². The van der Waals surface area contributed by atoms with Gasteiger partial charge in [0.25, 0.3) is 0 Å². The van der Waals surface area contributed by atoms with Crippen molar-refractivity contribution in [2.24, 2.45) is 5.41 Å². The number of nitrogens with one attached hydrogen (secondary N) is 1. The summed E-state index contributed by atoms with van der Waals surface area (Å²) in [6, 6.07) is 16.2. The van der Waals surface area contributed by atoms with Crippen molar-refractivity contribution in [2.45, 2.75) is 46.7 Å². The summed E-state index contributed by atoms with van der Waals surface area (Å²) in [5, 5.41) is 2.78. The summed E-state index contributed by atoms with van der Waals surface area (Å²) in [7, 11) is 0. The Morgan fingerprint density at radius 2 is 1.64 bits per heavy atom. The van der Waals surface area contributed by atoms with Crippen LogP contribution in [0.5, 0.6) is 0 Å². The summed E-state index contributed by atoms with van der Waals surface area (Å²) in [5.41, 5.74) is 0.342. The smallest absolute Gasteiger partial charge is 0.238 e. The molecule has 4 nitrogen and oxygen atoms in total. The third-order valence-corrected chi connectivity index (χ3v) is 4.82. The van der Waals surface area contributed by atoms with Crippen molar-refractivity contribution in [3.8, 4) is 0 Å². The highest BCUT2D eigenvalue weighted by atomic mass is 19.1. The Morgan fingerprint density at radius 1 is 1.04 bits per heavy atom. The van der Waals surface area contributed by atoms with Gasteiger partial charge in [-0.3, -0.25) is 9.59 Å². The van der Waals surface area contributed by atoms with Gasteiger partial charge in [0.05, 0.1) is 0 Å². The maximum Gasteiger partial charge on any atom is 0.238 e. The molecule has 28 heavy (non-hydrogen) atoms. The van der Waals surface area contributed by atoms with Crippen molar-refractivity contribution in [3.05, 3.63) is 71.5 Å². The van der Waals surface area contributed by atoms with Gasteiger partial charge in [0, 0.05) is 19.1 Å². The number of halogens is 1. The van der Waals surface area contributed by atoms with Crippen LogP contribution in [0.2, 0.25) is 0 Å². The van der Waals surface area contributed by atoms with Crippen molar-refractivity contribution in [1.82, 2.24) is 10.2 Å². The van der Waals surface area contributed by atoms with E-state index in [2.05, 4.69) is 5.32 Å². The van der Waals surface area contributed by atoms with Gasteiger partial charge in [-0.25, -0.2) is 4.39 Å². The second kappa shape index (κ2) is 9.49. The Kier molecular flexibility index (Phi) is 7.32. The van der Waals surface area contributed by atoms with Gasteiger partial charge < -0.3 is 10.2 Å². The van der Waals surface area contributed by atoms with Crippen molar-refractivity contribution in [2.75, 3.05) is 6.54 Å². The quantitative estimate of drug-likeness (QED) is 0.701. The SMILES string of the molecule is CC(C)N(Cc1ccccc1)C(=O)C(C)(C)C(=O)NCCc1ccccc1F. The first kappa shape index (κ1) is 21.6. The monoisotopic (exact) mass is 384 g/mol. The molecule has 0 saturated heterocycles. The van der Waals surface area contributed by atoms with Crippen molar-refractivity contribution >= 4 is 11.8 Å². The molecule has 0 saturated carbocycles. The van der Waals surface area contributed by atoms with E-state index in [9.17, 15) is 14.0 Å². The molecule has 2 aromatic rings. The number of benzene rings is 2. The number of amides is 2. The van der Waals surface area contributed by atoms with Gasteiger partial charge in [0.15, 0.2) is 0 Å². The number of carbonyl (C=O) groups excluding carboxylic acids is 2. The van der Waals surface area contributed by atoms with E-state index in [0.717, 1.165) is 5.56 Å². The predicted octanol–water partition coefficient (Wildman–Crippen LogP) is 3.95. The summed E-state index contributed by atoms with van der Waals surface area (Å²) in [4.78, 5) is 27.6. The molecule has 2 aromatic carbocycles. The molecular formula is C23H29FN2O2. The van der Waals surface area contributed by atoms with Crippen molar-refractivity contribution in [1.29, 1.82) is 0 Å². The largest absolute Gasteiger partial charge is 0.355 e. The van der Waals surface area contributed by atoms with E-state index < -0.39 is 5.41 Å². The first-order chi connectivity index (χ1) is 13.2. The van der Waals surface area contributed by atoms with Gasteiger partial charge in [-0.1, -0.05) is 48.5 Å². The molecule has 1 N–H and O–H groups in total. The first-order valence-electron chi connectivity index (χ1n) is 9.60. The van der Waals surface area contributed by atoms with E-state index in [1.165, 1.54) is 6.07 Å². The lowest BCUT2D eigenvalue weighted by Crippen LogP contribution is -2.51. The third-order valence-electron chi connectivity index (χ3n) is 4.82. The Morgan fingerprint density at radius 3 is 2.25 bits per heavy atom. The average Bonchev–Trinajstić information content (AvgIpc) is 2.67. The molecule has 0 aliphatic heterocycles. The minimum absolute atomic E-state index is 0.0433. The van der Waals surface area contributed by atoms with Crippen molar-refractivity contribution < 1.29 is 14.0 Å². The van der Waals surface area contributed by atoms with Crippen LogP contribution in [0.15, 0.2) is 54.6 Å². The number of carbonyl (C=O) groups is 2. The second-order valence-corrected chi connectivity index (χ2v) is 7.73. The molecule has 0 aliphatic rings. The van der Waals surface area contributed by atoms with Gasteiger partial charge in [-0.15, -0.1) is 0 Å². The topological polar surface area (TPSA) is 49.4 Å². The molecule has 5 heteroatoms. The van der Waals surface area contributed by atoms with Crippen LogP contribution < -0.4 is 5.32 Å². The fraction of sp³-hybridized carbons (Fsp3) is 0.391. The number of hydrogen-bond donors (Lipinski definition) is 1. The second-order valence-electron chi connectivity index (χ2n) is 7.73. The van der Waals surface area contributed by atoms with Gasteiger partial charge in [-0.05, 0) is 51.3 Å². The highest BCUT2D eigenvalue weighted by Crippen LogP contribution is 2.23. The lowest BCUT2D eigenvalue weighted by molar-refractivity contribution is -0.150. The van der Waals surface area contributed by atoms with E-state index >= 15 is 0 Å². The molecular weight excluding hydrogens is 355 g/mol. The van der Waals surface area contributed by atoms with Crippen LogP contribution in [0.3, 0.4) is 0 Å². The molecule has 150 valence electrons. The Bertz CT molecular complexity index is 803. The maximum atomic E-state index is 13.7. The van der Waals surface area contributed by atoms with Crippen LogP contribution in [0.4, 0.5) is 4.39 Å². The molecule has 0 unspecified atom stereocenters. The van der Waals surface area contributed by atoms with Gasteiger partial charge in [0.2, 0.25) is 11.8 Å². The molecule has 0 heterocycles. The fourth-order valence-corrected chi connectivity index (χ4v) is 2.96. The summed E-state index contributed by atoms with van der Waals surface area (Å²) >= 11 is 0. The average molecular weight is 384 g/mol. The highest BCUT2D eigenvalue weighted by Gasteiger charge is 2.39. The Balaban J connectivity index is 2.02. The standard InChI is InChI=1S/C23H29FN2O2/c1-17(2)26(16-18-10-6-5-7-11-18)22(28)23(3,4)21(27)25-15-14-19-12-8-9-13-20(19)24/h5-13,17H,14-16H2,1-4H3,(H,25,27). The van der Waals surface area contributed by atoms with E-state index in [1.807, 2.05) is 44.2 Å². The molecule has 0 aliphatic carbocycles. The van der Waals surface area contributed by atoms with E-state index in [1.54, 1.807) is 36.9 Å². The predicted molar refractivity (Wildman–Crippen MR) is 109 cm³/mol. The zero-order valence-electron chi connectivity index (χ0n) is 17.0. The molecule has 0 aromatic heterocycles. The molecule has 0 spiro atoms. The van der Waals surface area contributed by atoms with Gasteiger partial charge >= 0.3 is 0 Å². The van der Waals surface area contributed by atoms with Crippen LogP contribution in [0, 0.1) is 11.2 Å². The summed E-state index contributed by atoms with van der Waals surface area (Å²) in [6.07, 6.45) is 0.376. The zero-order chi connectivity index (χ0) is 20.7. The van der Waals surface area contributed by atoms with Gasteiger partial charge in [0.1, 0.15) is 11.2 Å². The molecule has 0 fully saturated rings. The minimum Gasteiger partial charge on any atom is -0.355 e. The number of rotatable bonds is 8. The van der Waals surface area contributed by atoms with Gasteiger partial charge in [-0.2, -0.15) is 0 Å². The van der Waals surface area contributed by atoms with Crippen LogP contribution >= 0.6 is 0 Å². The summed E-state index contributed by atoms with van der Waals surface area (Å²) in [5.74, 6) is -0.872. The third kappa shape index (κ3) is 5.41. The number of nitrogens with zero attached hydrogens (tertiary/aromatic N) is 1. The van der Waals surface area contributed by atoms with E-state index in [-0.39, 0.29) is 30.2 Å². The first-order valence-corrected chi connectivity index (χ1v) is 9.60. The molecule has 0 atom stereocenters. The number of hydrogen-bond acceptors (Lipinski definition) is 2. The lowest BCUT2D eigenvalue weighted by atomic mass is 9.89. The highest BCUT2D eigenvalue weighted by molar-refractivity contribution is 6.04. The fourth-order valence-electron chi connectivity index (χ4n) is 2.96.